The van der Waals surface area contributed by atoms with Crippen LogP contribution in [0.1, 0.15) is 37.7 Å². The zero-order chi connectivity index (χ0) is 34.5. The van der Waals surface area contributed by atoms with Gasteiger partial charge in [0, 0.05) is 36.9 Å². The second-order valence-electron chi connectivity index (χ2n) is 12.6. The number of anilines is 2. The minimum absolute atomic E-state index is 0.0229. The van der Waals surface area contributed by atoms with Crippen LogP contribution in [0.2, 0.25) is 10.0 Å². The van der Waals surface area contributed by atoms with Gasteiger partial charge < -0.3 is 9.80 Å². The number of hydrogen-bond donors (Lipinski definition) is 1. The molecule has 2 aliphatic heterocycles. The quantitative estimate of drug-likeness (QED) is 0.235. The van der Waals surface area contributed by atoms with Crippen molar-refractivity contribution in [3.05, 3.63) is 88.2 Å². The predicted octanol–water partition coefficient (Wildman–Crippen LogP) is 6.28. The normalized spacial score (nSPS) is 17.3. The first-order valence-corrected chi connectivity index (χ1v) is 20.2. The van der Waals surface area contributed by atoms with Gasteiger partial charge in [-0.3, -0.25) is 9.52 Å². The minimum atomic E-state index is -3.78. The maximum Gasteiger partial charge on any atom is 0.261 e. The van der Waals surface area contributed by atoms with Crippen molar-refractivity contribution < 1.29 is 26.0 Å². The van der Waals surface area contributed by atoms with Crippen molar-refractivity contribution in [2.45, 2.75) is 43.4 Å². The van der Waals surface area contributed by atoms with E-state index in [0.29, 0.717) is 59.8 Å². The van der Waals surface area contributed by atoms with Gasteiger partial charge in [-0.25, -0.2) is 25.5 Å². The van der Waals surface area contributed by atoms with Gasteiger partial charge in [0.15, 0.2) is 0 Å². The van der Waals surface area contributed by atoms with E-state index in [4.69, 9.17) is 23.2 Å². The van der Waals surface area contributed by atoms with Gasteiger partial charge in [-0.1, -0.05) is 35.3 Å². The van der Waals surface area contributed by atoms with Crippen LogP contribution in [0.3, 0.4) is 0 Å². The first kappa shape index (κ1) is 36.5. The van der Waals surface area contributed by atoms with Gasteiger partial charge in [0.25, 0.3) is 10.0 Å². The summed E-state index contributed by atoms with van der Waals surface area (Å²) in [6, 6.07) is 17.3. The molecule has 0 bridgehead atoms. The summed E-state index contributed by atoms with van der Waals surface area (Å²) in [5, 5.41) is 0.788. The molecule has 0 radical (unpaired) electrons. The lowest BCUT2D eigenvalue weighted by atomic mass is 9.90. The van der Waals surface area contributed by atoms with Crippen LogP contribution in [0.5, 0.6) is 0 Å². The second kappa shape index (κ2) is 15.9. The van der Waals surface area contributed by atoms with Crippen LogP contribution < -0.4 is 9.62 Å². The summed E-state index contributed by atoms with van der Waals surface area (Å²) in [6.07, 6.45) is 5.80. The Morgan fingerprint density at radius 2 is 1.52 bits per heavy atom. The van der Waals surface area contributed by atoms with Crippen molar-refractivity contribution >= 4 is 60.5 Å². The molecule has 2 fully saturated rings. The maximum absolute atomic E-state index is 13.7. The lowest BCUT2D eigenvalue weighted by molar-refractivity contribution is -0.123. The van der Waals surface area contributed by atoms with Gasteiger partial charge >= 0.3 is 0 Å². The Kier molecular flexibility index (Phi) is 12.1. The number of carbonyl (C=O) groups is 1. The third-order valence-electron chi connectivity index (χ3n) is 9.17. The molecule has 9 nitrogen and oxygen atoms in total. The molecule has 0 aliphatic carbocycles. The summed E-state index contributed by atoms with van der Waals surface area (Å²) in [5.74, 6) is -0.249. The Bertz CT molecular complexity index is 1780. The van der Waals surface area contributed by atoms with Crippen LogP contribution in [0.15, 0.2) is 71.6 Å². The summed E-state index contributed by atoms with van der Waals surface area (Å²) in [4.78, 5) is 18.1. The number of likely N-dealkylation sites (tertiary alicyclic amines) is 1. The van der Waals surface area contributed by atoms with Gasteiger partial charge in [-0.05, 0) is 124 Å². The highest BCUT2D eigenvalue weighted by Gasteiger charge is 2.32. The highest BCUT2D eigenvalue weighted by molar-refractivity contribution is 7.92. The SMILES string of the molecule is CS(=O)(=O)N1CCC(C(=O)N(CCCN2CCC(Cc3ccc(S(=O)(=O)Nc4ccc(F)cc4)cc3)CC2)c2ccc(Cl)c(Cl)c2)CC1. The molecule has 1 amide bonds. The van der Waals surface area contributed by atoms with E-state index in [1.165, 1.54) is 34.8 Å². The van der Waals surface area contributed by atoms with Gasteiger partial charge in [-0.15, -0.1) is 0 Å². The van der Waals surface area contributed by atoms with Crippen LogP contribution in [0, 0.1) is 17.7 Å². The second-order valence-corrected chi connectivity index (χ2v) is 17.1. The summed E-state index contributed by atoms with van der Waals surface area (Å²) in [5.41, 5.74) is 2.06. The van der Waals surface area contributed by atoms with Crippen molar-refractivity contribution in [3.8, 4) is 0 Å². The number of halogens is 3. The van der Waals surface area contributed by atoms with E-state index in [1.807, 2.05) is 12.1 Å². The standard InChI is InChI=1S/C34H41Cl2FN4O5S2/c1-47(43,44)40-21-15-27(16-22-40)34(42)41(30-9-12-32(35)33(36)24-30)18-2-17-39-19-13-26(14-20-39)23-25-3-10-31(11-4-25)48(45,46)38-29-7-5-28(37)6-8-29/h3-12,24,26-27,38H,2,13-23H2,1H3. The molecule has 0 unspecified atom stereocenters. The number of rotatable bonds is 12. The van der Waals surface area contributed by atoms with Gasteiger partial charge in [0.05, 0.1) is 21.2 Å². The number of amides is 1. The molecule has 2 saturated heterocycles. The summed E-state index contributed by atoms with van der Waals surface area (Å²) in [6.45, 7) is 3.87. The number of hydrogen-bond acceptors (Lipinski definition) is 6. The predicted molar refractivity (Wildman–Crippen MR) is 189 cm³/mol. The molecule has 3 aromatic carbocycles. The van der Waals surface area contributed by atoms with E-state index in [-0.39, 0.29) is 16.7 Å². The Morgan fingerprint density at radius 3 is 2.12 bits per heavy atom. The highest BCUT2D eigenvalue weighted by Crippen LogP contribution is 2.31. The monoisotopic (exact) mass is 738 g/mol. The lowest BCUT2D eigenvalue weighted by Crippen LogP contribution is -2.45. The van der Waals surface area contributed by atoms with Crippen LogP contribution >= 0.6 is 23.2 Å². The molecule has 0 saturated carbocycles. The molecule has 14 heteroatoms. The number of benzene rings is 3. The van der Waals surface area contributed by atoms with Crippen LogP contribution in [-0.2, 0) is 31.3 Å². The van der Waals surface area contributed by atoms with E-state index < -0.39 is 25.9 Å². The van der Waals surface area contributed by atoms with E-state index in [2.05, 4.69) is 9.62 Å². The molecule has 48 heavy (non-hydrogen) atoms. The number of nitrogens with zero attached hydrogens (tertiary/aromatic N) is 3. The summed E-state index contributed by atoms with van der Waals surface area (Å²) in [7, 11) is -7.07. The zero-order valence-electron chi connectivity index (χ0n) is 26.8. The molecule has 2 heterocycles. The van der Waals surface area contributed by atoms with Gasteiger partial charge in [0.1, 0.15) is 5.82 Å². The third-order valence-corrected chi connectivity index (χ3v) is 12.6. The molecular weight excluding hydrogens is 698 g/mol. The number of sulfonamides is 2. The van der Waals surface area contributed by atoms with Crippen molar-refractivity contribution in [2.75, 3.05) is 55.1 Å². The molecule has 0 spiro atoms. The van der Waals surface area contributed by atoms with Crippen molar-refractivity contribution in [1.82, 2.24) is 9.21 Å². The number of piperidine rings is 2. The Hall–Kier alpha value is -2.74. The Morgan fingerprint density at radius 1 is 0.875 bits per heavy atom. The van der Waals surface area contributed by atoms with E-state index >= 15 is 0 Å². The van der Waals surface area contributed by atoms with Crippen LogP contribution in [0.25, 0.3) is 0 Å². The van der Waals surface area contributed by atoms with E-state index in [9.17, 15) is 26.0 Å². The maximum atomic E-state index is 13.7. The van der Waals surface area contributed by atoms with Crippen molar-refractivity contribution in [3.63, 3.8) is 0 Å². The van der Waals surface area contributed by atoms with Crippen LogP contribution in [-0.4, -0.2) is 77.5 Å². The third kappa shape index (κ3) is 9.70. The Balaban J connectivity index is 1.11. The molecule has 5 rings (SSSR count). The van der Waals surface area contributed by atoms with E-state index in [0.717, 1.165) is 50.9 Å². The largest absolute Gasteiger partial charge is 0.312 e. The zero-order valence-corrected chi connectivity index (χ0v) is 30.0. The molecule has 0 atom stereocenters. The fourth-order valence-electron chi connectivity index (χ4n) is 6.41. The van der Waals surface area contributed by atoms with Gasteiger partial charge in [-0.2, -0.15) is 0 Å². The van der Waals surface area contributed by atoms with Crippen molar-refractivity contribution in [2.24, 2.45) is 11.8 Å². The number of nitrogens with one attached hydrogen (secondary N) is 1. The Labute approximate surface area is 293 Å². The molecule has 0 aromatic heterocycles. The van der Waals surface area contributed by atoms with Crippen LogP contribution in [0.4, 0.5) is 15.8 Å². The lowest BCUT2D eigenvalue weighted by Gasteiger charge is -2.35. The topological polar surface area (TPSA) is 107 Å². The minimum Gasteiger partial charge on any atom is -0.312 e. The first-order chi connectivity index (χ1) is 22.8. The van der Waals surface area contributed by atoms with Crippen molar-refractivity contribution in [1.29, 1.82) is 0 Å². The van der Waals surface area contributed by atoms with Gasteiger partial charge in [0.2, 0.25) is 15.9 Å². The number of carbonyl (C=O) groups excluding carboxylic acids is 1. The molecule has 2 aliphatic rings. The highest BCUT2D eigenvalue weighted by atomic mass is 35.5. The molecule has 3 aromatic rings. The molecule has 1 N–H and O–H groups in total. The fraction of sp³-hybridized carbons (Fsp3) is 0.441. The fourth-order valence-corrected chi connectivity index (χ4v) is 8.64. The summed E-state index contributed by atoms with van der Waals surface area (Å²) >= 11 is 12.5. The van der Waals surface area contributed by atoms with E-state index in [1.54, 1.807) is 35.2 Å². The smallest absolute Gasteiger partial charge is 0.261 e. The average Bonchev–Trinajstić information content (AvgIpc) is 3.06. The molecular formula is C34H41Cl2FN4O5S2. The summed E-state index contributed by atoms with van der Waals surface area (Å²) < 4.78 is 66.5. The average molecular weight is 740 g/mol. The molecule has 260 valence electrons. The first-order valence-electron chi connectivity index (χ1n) is 16.1.